The molecule has 1 atom stereocenters. The summed E-state index contributed by atoms with van der Waals surface area (Å²) < 4.78 is 0. The molecule has 5 rings (SSSR count). The average molecular weight is 674 g/mol. The van der Waals surface area contributed by atoms with Crippen molar-refractivity contribution in [3.8, 4) is 0 Å². The summed E-state index contributed by atoms with van der Waals surface area (Å²) in [5.41, 5.74) is 2.03. The monoisotopic (exact) mass is 673 g/mol. The van der Waals surface area contributed by atoms with E-state index in [2.05, 4.69) is 30.3 Å². The van der Waals surface area contributed by atoms with Crippen molar-refractivity contribution in [3.63, 3.8) is 0 Å². The van der Waals surface area contributed by atoms with Gasteiger partial charge >= 0.3 is 0 Å². The number of pyridine rings is 1. The molecular formula is C37H51N7O5. The average Bonchev–Trinajstić information content (AvgIpc) is 3.15. The maximum absolute atomic E-state index is 13.3. The van der Waals surface area contributed by atoms with Gasteiger partial charge in [0.15, 0.2) is 6.29 Å². The number of hydrogen-bond acceptors (Lipinski definition) is 9. The number of nitrogens with zero attached hydrogens (tertiary/aromatic N) is 5. The highest BCUT2D eigenvalue weighted by atomic mass is 16.2. The highest BCUT2D eigenvalue weighted by molar-refractivity contribution is 6.03. The number of nitrogens with one attached hydrogen (secondary N) is 2. The van der Waals surface area contributed by atoms with Gasteiger partial charge in [0.2, 0.25) is 5.91 Å². The molecule has 1 aromatic heterocycles. The normalized spacial score (nSPS) is 18.4. The summed E-state index contributed by atoms with van der Waals surface area (Å²) in [6.07, 6.45) is 11.4. The first-order valence-electron chi connectivity index (χ1n) is 17.8. The Balaban J connectivity index is 1.08. The highest BCUT2D eigenvalue weighted by Crippen LogP contribution is 2.26. The number of amides is 3. The first-order chi connectivity index (χ1) is 23.8. The smallest absolute Gasteiger partial charge is 0.255 e. The minimum Gasteiger partial charge on any atom is -0.369 e. The second-order valence-corrected chi connectivity index (χ2v) is 13.6. The molecule has 264 valence electrons. The zero-order valence-electron chi connectivity index (χ0n) is 28.9. The van der Waals surface area contributed by atoms with Crippen LogP contribution in [0.15, 0.2) is 36.5 Å². The lowest BCUT2D eigenvalue weighted by atomic mass is 9.95. The van der Waals surface area contributed by atoms with Crippen molar-refractivity contribution >= 4 is 41.8 Å². The van der Waals surface area contributed by atoms with E-state index in [9.17, 15) is 24.0 Å². The zero-order chi connectivity index (χ0) is 34.8. The molecule has 12 nitrogen and oxygen atoms in total. The molecule has 3 aliphatic rings. The summed E-state index contributed by atoms with van der Waals surface area (Å²) in [6.45, 7) is 6.40. The molecule has 2 saturated heterocycles. The van der Waals surface area contributed by atoms with Gasteiger partial charge < -0.3 is 30.1 Å². The van der Waals surface area contributed by atoms with Gasteiger partial charge in [0.05, 0.1) is 11.1 Å². The van der Waals surface area contributed by atoms with E-state index in [-0.39, 0.29) is 41.8 Å². The molecule has 1 aliphatic carbocycles. The summed E-state index contributed by atoms with van der Waals surface area (Å²) in [5, 5.41) is 5.72. The van der Waals surface area contributed by atoms with Crippen LogP contribution in [0.1, 0.15) is 88.9 Å². The first kappa shape index (κ1) is 36.0. The number of anilines is 2. The van der Waals surface area contributed by atoms with Gasteiger partial charge in [-0.3, -0.25) is 24.1 Å². The SMILES string of the molecule is CNC(=O)C(CCC=O)N(C)C(=O)c1ccc(N2CCN(CC3CCN(c4ccc(C(=O)NC5CCCCC5)cn4)CC3)CC2)cc1C=O. The number of benzene rings is 1. The van der Waals surface area contributed by atoms with E-state index in [1.54, 1.807) is 18.3 Å². The van der Waals surface area contributed by atoms with Gasteiger partial charge in [-0.1, -0.05) is 19.3 Å². The predicted molar refractivity (Wildman–Crippen MR) is 189 cm³/mol. The Labute approximate surface area is 289 Å². The topological polar surface area (TPSA) is 135 Å². The van der Waals surface area contributed by atoms with Gasteiger partial charge in [0.25, 0.3) is 11.8 Å². The summed E-state index contributed by atoms with van der Waals surface area (Å²) in [5.74, 6) is 0.722. The number of piperazine rings is 1. The Morgan fingerprint density at radius 3 is 2.31 bits per heavy atom. The van der Waals surface area contributed by atoms with Crippen molar-refractivity contribution in [1.29, 1.82) is 0 Å². The van der Waals surface area contributed by atoms with Crippen LogP contribution in [-0.2, 0) is 9.59 Å². The van der Waals surface area contributed by atoms with E-state index in [0.717, 1.165) is 89.3 Å². The first-order valence-corrected chi connectivity index (χ1v) is 17.8. The van der Waals surface area contributed by atoms with E-state index in [0.29, 0.717) is 17.8 Å². The van der Waals surface area contributed by atoms with Crippen LogP contribution >= 0.6 is 0 Å². The van der Waals surface area contributed by atoms with E-state index in [1.165, 1.54) is 38.3 Å². The fourth-order valence-electron chi connectivity index (χ4n) is 7.39. The second kappa shape index (κ2) is 17.4. The lowest BCUT2D eigenvalue weighted by Crippen LogP contribution is -2.49. The number of hydrogen-bond donors (Lipinski definition) is 2. The number of rotatable bonds is 13. The number of piperidine rings is 1. The van der Waals surface area contributed by atoms with Crippen LogP contribution < -0.4 is 20.4 Å². The van der Waals surface area contributed by atoms with Crippen molar-refractivity contribution in [2.24, 2.45) is 5.92 Å². The molecule has 3 amide bonds. The van der Waals surface area contributed by atoms with Crippen LogP contribution in [0, 0.1) is 5.92 Å². The van der Waals surface area contributed by atoms with Crippen LogP contribution in [-0.4, -0.2) is 117 Å². The number of aldehydes is 2. The maximum Gasteiger partial charge on any atom is 0.255 e. The van der Waals surface area contributed by atoms with E-state index >= 15 is 0 Å². The molecule has 0 bridgehead atoms. The quantitative estimate of drug-likeness (QED) is 0.308. The largest absolute Gasteiger partial charge is 0.369 e. The van der Waals surface area contributed by atoms with Gasteiger partial charge in [0.1, 0.15) is 18.1 Å². The van der Waals surface area contributed by atoms with Crippen LogP contribution in [0.5, 0.6) is 0 Å². The highest BCUT2D eigenvalue weighted by Gasteiger charge is 2.29. The molecule has 49 heavy (non-hydrogen) atoms. The van der Waals surface area contributed by atoms with Crippen molar-refractivity contribution in [2.75, 3.05) is 69.7 Å². The summed E-state index contributed by atoms with van der Waals surface area (Å²) >= 11 is 0. The Kier molecular flexibility index (Phi) is 12.8. The maximum atomic E-state index is 13.3. The molecule has 1 unspecified atom stereocenters. The van der Waals surface area contributed by atoms with Gasteiger partial charge in [-0.15, -0.1) is 0 Å². The van der Waals surface area contributed by atoms with Crippen molar-refractivity contribution in [2.45, 2.75) is 69.9 Å². The summed E-state index contributed by atoms with van der Waals surface area (Å²) in [7, 11) is 3.01. The lowest BCUT2D eigenvalue weighted by molar-refractivity contribution is -0.125. The third-order valence-corrected chi connectivity index (χ3v) is 10.4. The molecular weight excluding hydrogens is 622 g/mol. The second-order valence-electron chi connectivity index (χ2n) is 13.6. The molecule has 0 radical (unpaired) electrons. The fourth-order valence-corrected chi connectivity index (χ4v) is 7.39. The third kappa shape index (κ3) is 9.23. The van der Waals surface area contributed by atoms with Crippen molar-refractivity contribution in [1.82, 2.24) is 25.4 Å². The molecule has 1 saturated carbocycles. The van der Waals surface area contributed by atoms with Crippen molar-refractivity contribution < 1.29 is 24.0 Å². The Morgan fingerprint density at radius 1 is 0.939 bits per heavy atom. The predicted octanol–water partition coefficient (Wildman–Crippen LogP) is 3.16. The molecule has 0 spiro atoms. The number of carbonyl (C=O) groups is 5. The third-order valence-electron chi connectivity index (χ3n) is 10.4. The molecule has 2 aliphatic heterocycles. The standard InChI is InChI=1S/C37H51N7O5/c1-38-36(48)33(9-6-22-45)41(2)37(49)32-12-11-31(23-29(32)26-46)43-20-18-42(19-21-43)25-27-14-16-44(17-15-27)34-13-10-28(24-39-34)35(47)40-30-7-4-3-5-8-30/h10-13,22-24,26-27,30,33H,3-9,14-21,25H2,1-2H3,(H,38,48)(H,40,47). The molecule has 2 N–H and O–H groups in total. The summed E-state index contributed by atoms with van der Waals surface area (Å²) in [4.78, 5) is 74.4. The molecule has 3 heterocycles. The van der Waals surface area contributed by atoms with E-state index < -0.39 is 11.9 Å². The molecule has 2 aromatic rings. The van der Waals surface area contributed by atoms with Gasteiger partial charge in [-0.25, -0.2) is 4.98 Å². The Bertz CT molecular complexity index is 1450. The van der Waals surface area contributed by atoms with Gasteiger partial charge in [0, 0.05) is 89.8 Å². The van der Waals surface area contributed by atoms with Gasteiger partial charge in [-0.05, 0) is 68.4 Å². The Morgan fingerprint density at radius 2 is 1.67 bits per heavy atom. The van der Waals surface area contributed by atoms with E-state index in [4.69, 9.17) is 0 Å². The minimum atomic E-state index is -0.810. The van der Waals surface area contributed by atoms with Crippen LogP contribution in [0.4, 0.5) is 11.5 Å². The van der Waals surface area contributed by atoms with Crippen molar-refractivity contribution in [3.05, 3.63) is 53.2 Å². The Hall–Kier alpha value is -4.32. The van der Waals surface area contributed by atoms with Crippen LogP contribution in [0.25, 0.3) is 0 Å². The lowest BCUT2D eigenvalue weighted by Gasteiger charge is -2.40. The van der Waals surface area contributed by atoms with Crippen LogP contribution in [0.3, 0.4) is 0 Å². The zero-order valence-corrected chi connectivity index (χ0v) is 28.9. The number of aromatic nitrogens is 1. The fraction of sp³-hybridized carbons (Fsp3) is 0.568. The van der Waals surface area contributed by atoms with Gasteiger partial charge in [-0.2, -0.15) is 0 Å². The molecule has 12 heteroatoms. The molecule has 3 fully saturated rings. The van der Waals surface area contributed by atoms with E-state index in [1.807, 2.05) is 18.2 Å². The molecule has 1 aromatic carbocycles. The van der Waals surface area contributed by atoms with Crippen LogP contribution in [0.2, 0.25) is 0 Å². The summed E-state index contributed by atoms with van der Waals surface area (Å²) in [6, 6.07) is 8.63. The number of carbonyl (C=O) groups excluding carboxylic acids is 5. The number of likely N-dealkylation sites (N-methyl/N-ethyl adjacent to an activating group) is 2. The minimum absolute atomic E-state index is 0.0235.